The lowest BCUT2D eigenvalue weighted by Gasteiger charge is -2.07. The van der Waals surface area contributed by atoms with Gasteiger partial charge in [-0.25, -0.2) is 9.97 Å². The molecule has 1 aromatic carbocycles. The predicted molar refractivity (Wildman–Crippen MR) is 92.7 cm³/mol. The van der Waals surface area contributed by atoms with Crippen LogP contribution in [-0.2, 0) is 5.75 Å². The number of rotatable bonds is 4. The van der Waals surface area contributed by atoms with Crippen LogP contribution in [0.15, 0.2) is 39.8 Å². The topological polar surface area (TPSA) is 39.4 Å². The highest BCUT2D eigenvalue weighted by molar-refractivity contribution is 9.10. The zero-order valence-corrected chi connectivity index (χ0v) is 15.0. The molecule has 3 rings (SSSR count). The highest BCUT2D eigenvalue weighted by Crippen LogP contribution is 2.33. The molecule has 2 heterocycles. The molecule has 0 spiro atoms. The molecule has 0 bridgehead atoms. The zero-order valence-electron chi connectivity index (χ0n) is 12.6. The molecule has 0 saturated heterocycles. The molecule has 22 heavy (non-hydrogen) atoms. The van der Waals surface area contributed by atoms with E-state index in [4.69, 9.17) is 4.74 Å². The van der Waals surface area contributed by atoms with E-state index in [-0.39, 0.29) is 0 Å². The van der Waals surface area contributed by atoms with Gasteiger partial charge in [0, 0.05) is 27.8 Å². The Balaban J connectivity index is 1.85. The maximum atomic E-state index is 5.40. The SMILES string of the molecule is COc1ccc(Br)cc1SCc1cn2c(C)cc(C)nc2n1. The number of nitrogens with zero attached hydrogens (tertiary/aromatic N) is 3. The Hall–Kier alpha value is -1.53. The molecule has 3 aromatic rings. The Kier molecular flexibility index (Phi) is 4.40. The second kappa shape index (κ2) is 6.30. The number of aromatic nitrogens is 3. The monoisotopic (exact) mass is 377 g/mol. The Morgan fingerprint density at radius 2 is 2.05 bits per heavy atom. The van der Waals surface area contributed by atoms with Gasteiger partial charge in [-0.1, -0.05) is 15.9 Å². The number of thioether (sulfide) groups is 1. The number of halogens is 1. The molecule has 4 nitrogen and oxygen atoms in total. The van der Waals surface area contributed by atoms with Gasteiger partial charge in [0.2, 0.25) is 5.78 Å². The molecule has 0 fully saturated rings. The average molecular weight is 378 g/mol. The standard InChI is InChI=1S/C16H16BrN3OS/c1-10-6-11(2)20-8-13(19-16(20)18-10)9-22-15-7-12(17)4-5-14(15)21-3/h4-8H,9H2,1-3H3. The molecule has 0 N–H and O–H groups in total. The lowest BCUT2D eigenvalue weighted by Crippen LogP contribution is -1.94. The van der Waals surface area contributed by atoms with E-state index in [1.165, 1.54) is 0 Å². The van der Waals surface area contributed by atoms with Crippen LogP contribution in [-0.4, -0.2) is 21.5 Å². The van der Waals surface area contributed by atoms with Crippen LogP contribution in [0.3, 0.4) is 0 Å². The summed E-state index contributed by atoms with van der Waals surface area (Å²) >= 11 is 5.20. The van der Waals surface area contributed by atoms with Gasteiger partial charge in [-0.3, -0.25) is 4.40 Å². The minimum absolute atomic E-state index is 0.759. The number of aryl methyl sites for hydroxylation is 2. The lowest BCUT2D eigenvalue weighted by molar-refractivity contribution is 0.404. The van der Waals surface area contributed by atoms with Crippen LogP contribution in [0.1, 0.15) is 17.1 Å². The van der Waals surface area contributed by atoms with Crippen molar-refractivity contribution in [1.29, 1.82) is 0 Å². The molecular formula is C16H16BrN3OS. The van der Waals surface area contributed by atoms with Crippen molar-refractivity contribution >= 4 is 33.5 Å². The van der Waals surface area contributed by atoms with Gasteiger partial charge in [0.15, 0.2) is 0 Å². The van der Waals surface area contributed by atoms with Crippen LogP contribution >= 0.6 is 27.7 Å². The highest BCUT2D eigenvalue weighted by Gasteiger charge is 2.09. The van der Waals surface area contributed by atoms with Gasteiger partial charge in [0.25, 0.3) is 0 Å². The van der Waals surface area contributed by atoms with Gasteiger partial charge in [0.05, 0.1) is 17.7 Å². The van der Waals surface area contributed by atoms with Crippen LogP contribution in [0, 0.1) is 13.8 Å². The quantitative estimate of drug-likeness (QED) is 0.631. The number of hydrogen-bond acceptors (Lipinski definition) is 4. The molecule has 0 radical (unpaired) electrons. The summed E-state index contributed by atoms with van der Waals surface area (Å²) in [4.78, 5) is 10.2. The van der Waals surface area contributed by atoms with E-state index >= 15 is 0 Å². The molecule has 0 aliphatic rings. The third kappa shape index (κ3) is 3.13. The van der Waals surface area contributed by atoms with Gasteiger partial charge in [-0.2, -0.15) is 0 Å². The van der Waals surface area contributed by atoms with Crippen LogP contribution in [0.5, 0.6) is 5.75 Å². The summed E-state index contributed by atoms with van der Waals surface area (Å²) in [5, 5.41) is 0. The zero-order chi connectivity index (χ0) is 15.7. The minimum Gasteiger partial charge on any atom is -0.496 e. The summed E-state index contributed by atoms with van der Waals surface area (Å²) in [6.45, 7) is 4.06. The molecule has 114 valence electrons. The third-order valence-electron chi connectivity index (χ3n) is 3.31. The molecule has 2 aromatic heterocycles. The number of methoxy groups -OCH3 is 1. The number of benzene rings is 1. The van der Waals surface area contributed by atoms with Crippen LogP contribution in [0.4, 0.5) is 0 Å². The third-order valence-corrected chi connectivity index (χ3v) is 4.88. The van der Waals surface area contributed by atoms with Crippen molar-refractivity contribution in [3.63, 3.8) is 0 Å². The molecule has 6 heteroatoms. The van der Waals surface area contributed by atoms with Crippen molar-refractivity contribution in [2.45, 2.75) is 24.5 Å². The Morgan fingerprint density at radius 3 is 2.82 bits per heavy atom. The van der Waals surface area contributed by atoms with E-state index in [1.807, 2.05) is 23.5 Å². The van der Waals surface area contributed by atoms with Crippen LogP contribution < -0.4 is 4.74 Å². The first kappa shape index (κ1) is 15.4. The lowest BCUT2D eigenvalue weighted by atomic mass is 10.3. The minimum atomic E-state index is 0.759. The highest BCUT2D eigenvalue weighted by atomic mass is 79.9. The summed E-state index contributed by atoms with van der Waals surface area (Å²) in [6, 6.07) is 8.06. The van der Waals surface area contributed by atoms with Crippen molar-refractivity contribution in [3.05, 3.63) is 52.0 Å². The summed E-state index contributed by atoms with van der Waals surface area (Å²) in [5.74, 6) is 2.41. The molecule has 0 aliphatic heterocycles. The Morgan fingerprint density at radius 1 is 1.23 bits per heavy atom. The second-order valence-electron chi connectivity index (χ2n) is 5.03. The molecular weight excluding hydrogens is 362 g/mol. The van der Waals surface area contributed by atoms with Crippen molar-refractivity contribution in [2.75, 3.05) is 7.11 Å². The van der Waals surface area contributed by atoms with Crippen molar-refractivity contribution in [2.24, 2.45) is 0 Å². The van der Waals surface area contributed by atoms with Crippen molar-refractivity contribution < 1.29 is 4.74 Å². The summed E-state index contributed by atoms with van der Waals surface area (Å²) in [7, 11) is 1.69. The Labute approximate surface area is 142 Å². The molecule has 0 unspecified atom stereocenters. The maximum absolute atomic E-state index is 5.40. The van der Waals surface area contributed by atoms with Gasteiger partial charge in [-0.15, -0.1) is 11.8 Å². The van der Waals surface area contributed by atoms with E-state index in [0.29, 0.717) is 0 Å². The van der Waals surface area contributed by atoms with Crippen LogP contribution in [0.2, 0.25) is 0 Å². The molecule has 0 aliphatic carbocycles. The van der Waals surface area contributed by atoms with Gasteiger partial charge in [0.1, 0.15) is 5.75 Å². The molecule has 0 amide bonds. The first-order valence-electron chi connectivity index (χ1n) is 6.85. The fourth-order valence-corrected chi connectivity index (χ4v) is 3.76. The van der Waals surface area contributed by atoms with E-state index in [1.54, 1.807) is 18.9 Å². The smallest absolute Gasteiger partial charge is 0.234 e. The number of imidazole rings is 1. The fraction of sp³-hybridized carbons (Fsp3) is 0.250. The fourth-order valence-electron chi connectivity index (χ4n) is 2.30. The summed E-state index contributed by atoms with van der Waals surface area (Å²) in [5.41, 5.74) is 3.14. The molecule has 0 atom stereocenters. The normalized spacial score (nSPS) is 11.1. The van der Waals surface area contributed by atoms with E-state index in [9.17, 15) is 0 Å². The van der Waals surface area contributed by atoms with Gasteiger partial charge in [-0.05, 0) is 38.1 Å². The Bertz CT molecular complexity index is 832. The van der Waals surface area contributed by atoms with E-state index < -0.39 is 0 Å². The second-order valence-corrected chi connectivity index (χ2v) is 6.96. The summed E-state index contributed by atoms with van der Waals surface area (Å²) < 4.78 is 8.47. The average Bonchev–Trinajstić information content (AvgIpc) is 2.88. The maximum Gasteiger partial charge on any atom is 0.234 e. The van der Waals surface area contributed by atoms with Gasteiger partial charge < -0.3 is 4.74 Å². The molecule has 0 saturated carbocycles. The summed E-state index contributed by atoms with van der Waals surface area (Å²) in [6.07, 6.45) is 2.05. The number of fused-ring (bicyclic) bond motifs is 1. The van der Waals surface area contributed by atoms with Crippen molar-refractivity contribution in [1.82, 2.24) is 14.4 Å². The largest absolute Gasteiger partial charge is 0.496 e. The van der Waals surface area contributed by atoms with Crippen LogP contribution in [0.25, 0.3) is 5.78 Å². The van der Waals surface area contributed by atoms with Crippen molar-refractivity contribution in [3.8, 4) is 5.75 Å². The number of ether oxygens (including phenoxy) is 1. The first-order chi connectivity index (χ1) is 10.6. The predicted octanol–water partition coefficient (Wildman–Crippen LogP) is 4.41. The van der Waals surface area contributed by atoms with Gasteiger partial charge >= 0.3 is 0 Å². The van der Waals surface area contributed by atoms with E-state index in [2.05, 4.69) is 51.2 Å². The first-order valence-corrected chi connectivity index (χ1v) is 8.63. The van der Waals surface area contributed by atoms with E-state index in [0.717, 1.165) is 43.7 Å². The number of hydrogen-bond donors (Lipinski definition) is 0.